The number of halogens is 4. The number of hydrogen-bond donors (Lipinski definition) is 0. The zero-order valence-electron chi connectivity index (χ0n) is 19.9. The number of carbonyl (C=O) groups excluding carboxylic acids is 1. The highest BCUT2D eigenvalue weighted by molar-refractivity contribution is 6.38. The van der Waals surface area contributed by atoms with Crippen molar-refractivity contribution in [3.8, 4) is 11.6 Å². The number of alkyl halides is 3. The Morgan fingerprint density at radius 3 is 2.72 bits per heavy atom. The van der Waals surface area contributed by atoms with Crippen molar-refractivity contribution in [1.82, 2.24) is 9.88 Å². The minimum absolute atomic E-state index is 0.0550. The zero-order valence-corrected chi connectivity index (χ0v) is 19.9. The third kappa shape index (κ3) is 5.60. The molecule has 4 rings (SSSR count). The molecule has 36 heavy (non-hydrogen) atoms. The van der Waals surface area contributed by atoms with Gasteiger partial charge in [-0.3, -0.25) is 9.53 Å². The van der Waals surface area contributed by atoms with E-state index in [0.29, 0.717) is 18.5 Å². The molecule has 3 heterocycles. The van der Waals surface area contributed by atoms with Crippen LogP contribution in [-0.2, 0) is 19.8 Å². The van der Waals surface area contributed by atoms with Gasteiger partial charge < -0.3 is 23.8 Å². The molecule has 0 spiro atoms. The predicted molar refractivity (Wildman–Crippen MR) is 123 cm³/mol. The van der Waals surface area contributed by atoms with Gasteiger partial charge in [-0.2, -0.15) is 0 Å². The first-order chi connectivity index (χ1) is 16.9. The van der Waals surface area contributed by atoms with Crippen LogP contribution in [0.4, 0.5) is 17.6 Å². The number of ether oxygens (including phenoxy) is 5. The summed E-state index contributed by atoms with van der Waals surface area (Å²) in [6.07, 6.45) is -4.94. The van der Waals surface area contributed by atoms with Gasteiger partial charge in [0.1, 0.15) is 29.8 Å². The SMILES string of the molecule is BC1(B)OC2CN(C(=O)c3ccc(OCCOC(F)(F)F)c(OC)n3)CC[C@]2(c2cccc(F)c2)O1. The number of benzene rings is 1. The van der Waals surface area contributed by atoms with Crippen molar-refractivity contribution < 1.29 is 46.0 Å². The predicted octanol–water partition coefficient (Wildman–Crippen LogP) is 1.18. The lowest BCUT2D eigenvalue weighted by Gasteiger charge is -2.42. The molecule has 2 aromatic rings. The summed E-state index contributed by atoms with van der Waals surface area (Å²) in [5.41, 5.74) is -1.15. The van der Waals surface area contributed by atoms with Gasteiger partial charge in [0.2, 0.25) is 0 Å². The van der Waals surface area contributed by atoms with Crippen LogP contribution < -0.4 is 9.47 Å². The van der Waals surface area contributed by atoms with E-state index in [-0.39, 0.29) is 23.9 Å². The van der Waals surface area contributed by atoms with E-state index in [4.69, 9.17) is 18.9 Å². The molecule has 2 saturated heterocycles. The number of carbonyl (C=O) groups is 1. The van der Waals surface area contributed by atoms with Crippen LogP contribution in [0.2, 0.25) is 0 Å². The first kappa shape index (κ1) is 26.2. The lowest BCUT2D eigenvalue weighted by Crippen LogP contribution is -2.53. The normalized spacial score (nSPS) is 23.2. The Balaban J connectivity index is 1.48. The van der Waals surface area contributed by atoms with Crippen molar-refractivity contribution in [3.05, 3.63) is 53.5 Å². The number of amides is 1. The summed E-state index contributed by atoms with van der Waals surface area (Å²) in [4.78, 5) is 19.0. The second-order valence-electron chi connectivity index (χ2n) is 8.86. The van der Waals surface area contributed by atoms with Crippen molar-refractivity contribution in [1.29, 1.82) is 0 Å². The molecule has 0 radical (unpaired) electrons. The van der Waals surface area contributed by atoms with Crippen LogP contribution in [0.25, 0.3) is 0 Å². The van der Waals surface area contributed by atoms with Gasteiger partial charge in [-0.05, 0) is 29.8 Å². The third-order valence-electron chi connectivity index (χ3n) is 5.96. The van der Waals surface area contributed by atoms with E-state index in [0.717, 1.165) is 0 Å². The van der Waals surface area contributed by atoms with Gasteiger partial charge in [-0.1, -0.05) is 12.1 Å². The molecule has 2 aliphatic rings. The Morgan fingerprint density at radius 2 is 2.03 bits per heavy atom. The number of aromatic nitrogens is 1. The fraction of sp³-hybridized carbons (Fsp3) is 0.455. The molecule has 2 fully saturated rings. The second-order valence-corrected chi connectivity index (χ2v) is 8.86. The lowest BCUT2D eigenvalue weighted by atomic mass is 9.76. The molecule has 0 saturated carbocycles. The molecule has 1 unspecified atom stereocenters. The fourth-order valence-corrected chi connectivity index (χ4v) is 4.55. The Kier molecular flexibility index (Phi) is 7.22. The molecule has 0 aliphatic carbocycles. The van der Waals surface area contributed by atoms with Crippen molar-refractivity contribution in [3.63, 3.8) is 0 Å². The van der Waals surface area contributed by atoms with Crippen molar-refractivity contribution in [2.24, 2.45) is 0 Å². The van der Waals surface area contributed by atoms with Gasteiger partial charge in [0, 0.05) is 13.0 Å². The Morgan fingerprint density at radius 1 is 1.25 bits per heavy atom. The van der Waals surface area contributed by atoms with Crippen molar-refractivity contribution in [2.45, 2.75) is 30.1 Å². The topological polar surface area (TPSA) is 79.4 Å². The van der Waals surface area contributed by atoms with E-state index in [1.165, 1.54) is 31.4 Å². The fourth-order valence-electron chi connectivity index (χ4n) is 4.55. The van der Waals surface area contributed by atoms with Crippen molar-refractivity contribution >= 4 is 21.6 Å². The van der Waals surface area contributed by atoms with Crippen LogP contribution in [-0.4, -0.2) is 82.9 Å². The summed E-state index contributed by atoms with van der Waals surface area (Å²) in [6.45, 7) is -0.639. The van der Waals surface area contributed by atoms with Gasteiger partial charge in [-0.15, -0.1) is 13.2 Å². The number of methoxy groups -OCH3 is 1. The summed E-state index contributed by atoms with van der Waals surface area (Å²) < 4.78 is 76.8. The number of pyridine rings is 1. The van der Waals surface area contributed by atoms with E-state index in [9.17, 15) is 22.4 Å². The van der Waals surface area contributed by atoms with Crippen LogP contribution in [0.15, 0.2) is 36.4 Å². The summed E-state index contributed by atoms with van der Waals surface area (Å²) in [7, 11) is 4.84. The smallest absolute Gasteiger partial charge is 0.486 e. The monoisotopic (exact) mass is 510 g/mol. The Bertz CT molecular complexity index is 1120. The van der Waals surface area contributed by atoms with Gasteiger partial charge in [-0.25, -0.2) is 9.37 Å². The highest BCUT2D eigenvalue weighted by Crippen LogP contribution is 2.47. The van der Waals surface area contributed by atoms with Crippen LogP contribution in [0, 0.1) is 5.82 Å². The first-order valence-electron chi connectivity index (χ1n) is 11.2. The number of nitrogens with zero attached hydrogens (tertiary/aromatic N) is 2. The van der Waals surface area contributed by atoms with Crippen LogP contribution in [0.5, 0.6) is 11.6 Å². The molecule has 1 aromatic carbocycles. The molecule has 192 valence electrons. The van der Waals surface area contributed by atoms with E-state index >= 15 is 0 Å². The molecule has 0 bridgehead atoms. The molecular formula is C22H24B2F4N2O6. The maximum absolute atomic E-state index is 14.0. The Hall–Kier alpha value is -2.83. The van der Waals surface area contributed by atoms with Gasteiger partial charge in [0.25, 0.3) is 11.8 Å². The van der Waals surface area contributed by atoms with Gasteiger partial charge >= 0.3 is 6.36 Å². The van der Waals surface area contributed by atoms with E-state index < -0.39 is 48.6 Å². The molecule has 1 amide bonds. The van der Waals surface area contributed by atoms with Crippen LogP contribution in [0.3, 0.4) is 0 Å². The number of rotatable bonds is 7. The number of piperidine rings is 1. The van der Waals surface area contributed by atoms with Crippen LogP contribution >= 0.6 is 0 Å². The van der Waals surface area contributed by atoms with Crippen molar-refractivity contribution in [2.75, 3.05) is 33.4 Å². The number of hydrogen-bond acceptors (Lipinski definition) is 7. The quantitative estimate of drug-likeness (QED) is 0.315. The average molecular weight is 510 g/mol. The lowest BCUT2D eigenvalue weighted by molar-refractivity contribution is -0.325. The molecule has 14 heteroatoms. The number of likely N-dealkylation sites (tertiary alicyclic amines) is 1. The number of fused-ring (bicyclic) bond motifs is 1. The first-order valence-corrected chi connectivity index (χ1v) is 11.2. The maximum Gasteiger partial charge on any atom is 0.522 e. The third-order valence-corrected chi connectivity index (χ3v) is 5.96. The molecular weight excluding hydrogens is 486 g/mol. The second kappa shape index (κ2) is 9.91. The highest BCUT2D eigenvalue weighted by atomic mass is 19.4. The summed E-state index contributed by atoms with van der Waals surface area (Å²) in [6, 6.07) is 8.95. The average Bonchev–Trinajstić information content (AvgIpc) is 3.11. The summed E-state index contributed by atoms with van der Waals surface area (Å²) in [5.74, 6) is -0.782. The Labute approximate surface area is 206 Å². The van der Waals surface area contributed by atoms with Crippen LogP contribution in [0.1, 0.15) is 22.5 Å². The minimum Gasteiger partial charge on any atom is -0.486 e. The minimum atomic E-state index is -4.76. The molecule has 1 aromatic heterocycles. The largest absolute Gasteiger partial charge is 0.522 e. The standard InChI is InChI=1S/C22H24B2F4N2O6/c1-32-18-16(33-9-10-34-22(26,27)28)6-5-15(29-18)19(31)30-8-7-20(13-3-2-4-14(25)11-13)17(12-30)35-21(23,24)36-20/h2-6,11,17H,7-10,12,23-24H2,1H3/t17?,20-/m1/s1. The van der Waals surface area contributed by atoms with Gasteiger partial charge in [0.05, 0.1) is 25.8 Å². The summed E-state index contributed by atoms with van der Waals surface area (Å²) in [5, 5.41) is 0. The molecule has 8 nitrogen and oxygen atoms in total. The van der Waals surface area contributed by atoms with E-state index in [1.54, 1.807) is 32.7 Å². The molecule has 2 atom stereocenters. The summed E-state index contributed by atoms with van der Waals surface area (Å²) >= 11 is 0. The molecule has 0 N–H and O–H groups in total. The highest BCUT2D eigenvalue weighted by Gasteiger charge is 2.56. The molecule has 2 aliphatic heterocycles. The van der Waals surface area contributed by atoms with E-state index in [1.807, 2.05) is 0 Å². The van der Waals surface area contributed by atoms with E-state index in [2.05, 4.69) is 9.72 Å². The maximum atomic E-state index is 14.0. The van der Waals surface area contributed by atoms with Gasteiger partial charge in [0.15, 0.2) is 21.4 Å². The zero-order chi connectivity index (χ0) is 26.1.